The molecule has 0 unspecified atom stereocenters. The summed E-state index contributed by atoms with van der Waals surface area (Å²) in [6, 6.07) is 12.7. The number of nitro benzene ring substituents is 1. The van der Waals surface area contributed by atoms with Gasteiger partial charge in [-0.1, -0.05) is 22.9 Å². The summed E-state index contributed by atoms with van der Waals surface area (Å²) in [5.74, 6) is 0. The van der Waals surface area contributed by atoms with Crippen LogP contribution in [0.15, 0.2) is 47.6 Å². The van der Waals surface area contributed by atoms with Crippen LogP contribution < -0.4 is 0 Å². The van der Waals surface area contributed by atoms with Crippen molar-refractivity contribution in [3.05, 3.63) is 74.8 Å². The number of oxime groups is 1. The quantitative estimate of drug-likeness (QED) is 0.637. The fourth-order valence-electron chi connectivity index (χ4n) is 2.56. The minimum Gasteiger partial charge on any atom is -0.391 e. The highest BCUT2D eigenvalue weighted by Gasteiger charge is 2.18. The molecule has 1 aliphatic carbocycles. The van der Waals surface area contributed by atoms with E-state index in [1.54, 1.807) is 12.1 Å². The predicted molar refractivity (Wildman–Crippen MR) is 83.9 cm³/mol. The van der Waals surface area contributed by atoms with Gasteiger partial charge < -0.3 is 4.84 Å². The van der Waals surface area contributed by atoms with Gasteiger partial charge in [0.05, 0.1) is 10.6 Å². The lowest BCUT2D eigenvalue weighted by Gasteiger charge is -2.03. The first-order chi connectivity index (χ1) is 10.6. The standard InChI is InChI=1S/C17H16N2O3/c1-12-2-5-14-6-9-17(16(14)10-12)18-22-11-13-3-7-15(8-4-13)19(20)21/h2-5,7-8,10H,6,9,11H2,1H3/b18-17+. The fourth-order valence-corrected chi connectivity index (χ4v) is 2.56. The molecule has 0 aromatic heterocycles. The van der Waals surface area contributed by atoms with Gasteiger partial charge in [0.15, 0.2) is 0 Å². The van der Waals surface area contributed by atoms with Crippen LogP contribution in [0.5, 0.6) is 0 Å². The van der Waals surface area contributed by atoms with Crippen LogP contribution in [-0.2, 0) is 17.9 Å². The molecule has 0 saturated carbocycles. The summed E-state index contributed by atoms with van der Waals surface area (Å²) in [6.45, 7) is 2.37. The lowest BCUT2D eigenvalue weighted by atomic mass is 10.1. The first-order valence-electron chi connectivity index (χ1n) is 7.15. The summed E-state index contributed by atoms with van der Waals surface area (Å²) < 4.78 is 0. The SMILES string of the molecule is Cc1ccc2c(c1)/C(=N/OCc1ccc([N+](=O)[O-])cc1)CC2. The third-order valence-electron chi connectivity index (χ3n) is 3.76. The Bertz CT molecular complexity index is 736. The van der Waals surface area contributed by atoms with Crippen molar-refractivity contribution < 1.29 is 9.76 Å². The van der Waals surface area contributed by atoms with E-state index in [0.717, 1.165) is 24.1 Å². The molecule has 112 valence electrons. The summed E-state index contributed by atoms with van der Waals surface area (Å²) in [7, 11) is 0. The maximum Gasteiger partial charge on any atom is 0.269 e. The smallest absolute Gasteiger partial charge is 0.269 e. The second-order valence-corrected chi connectivity index (χ2v) is 5.40. The van der Waals surface area contributed by atoms with E-state index in [4.69, 9.17) is 4.84 Å². The molecule has 0 N–H and O–H groups in total. The Morgan fingerprint density at radius 3 is 2.68 bits per heavy atom. The van der Waals surface area contributed by atoms with Gasteiger partial charge in [-0.05, 0) is 49.1 Å². The van der Waals surface area contributed by atoms with E-state index in [1.807, 2.05) is 0 Å². The summed E-state index contributed by atoms with van der Waals surface area (Å²) in [5.41, 5.74) is 5.60. The molecular weight excluding hydrogens is 280 g/mol. The van der Waals surface area contributed by atoms with Gasteiger partial charge in [-0.3, -0.25) is 10.1 Å². The van der Waals surface area contributed by atoms with Gasteiger partial charge in [0, 0.05) is 17.7 Å². The normalized spacial score (nSPS) is 14.9. The van der Waals surface area contributed by atoms with E-state index in [-0.39, 0.29) is 5.69 Å². The molecule has 1 aliphatic rings. The highest BCUT2D eigenvalue weighted by molar-refractivity contribution is 6.04. The van der Waals surface area contributed by atoms with Gasteiger partial charge >= 0.3 is 0 Å². The van der Waals surface area contributed by atoms with Gasteiger partial charge in [-0.15, -0.1) is 0 Å². The summed E-state index contributed by atoms with van der Waals surface area (Å²) in [6.07, 6.45) is 1.88. The van der Waals surface area contributed by atoms with Gasteiger partial charge in [-0.2, -0.15) is 0 Å². The highest BCUT2D eigenvalue weighted by Crippen LogP contribution is 2.24. The molecule has 0 aliphatic heterocycles. The van der Waals surface area contributed by atoms with Crippen LogP contribution in [0.25, 0.3) is 0 Å². The largest absolute Gasteiger partial charge is 0.391 e. The second-order valence-electron chi connectivity index (χ2n) is 5.40. The van der Waals surface area contributed by atoms with Crippen molar-refractivity contribution in [1.82, 2.24) is 0 Å². The molecule has 2 aromatic rings. The minimum atomic E-state index is -0.414. The zero-order valence-electron chi connectivity index (χ0n) is 12.3. The van der Waals surface area contributed by atoms with E-state index in [9.17, 15) is 10.1 Å². The van der Waals surface area contributed by atoms with Crippen molar-refractivity contribution in [2.24, 2.45) is 5.16 Å². The van der Waals surface area contributed by atoms with Crippen LogP contribution in [0, 0.1) is 17.0 Å². The van der Waals surface area contributed by atoms with Gasteiger partial charge in [-0.25, -0.2) is 0 Å². The van der Waals surface area contributed by atoms with E-state index in [1.165, 1.54) is 28.8 Å². The van der Waals surface area contributed by atoms with Crippen molar-refractivity contribution in [2.45, 2.75) is 26.4 Å². The Labute approximate surface area is 128 Å². The number of non-ortho nitro benzene ring substituents is 1. The summed E-state index contributed by atoms with van der Waals surface area (Å²) >= 11 is 0. The molecule has 0 radical (unpaired) electrons. The lowest BCUT2D eigenvalue weighted by molar-refractivity contribution is -0.384. The lowest BCUT2D eigenvalue weighted by Crippen LogP contribution is -1.97. The number of benzene rings is 2. The third kappa shape index (κ3) is 2.98. The number of hydrogen-bond acceptors (Lipinski definition) is 4. The Morgan fingerprint density at radius 2 is 1.95 bits per heavy atom. The van der Waals surface area contributed by atoms with Crippen LogP contribution in [0.3, 0.4) is 0 Å². The maximum absolute atomic E-state index is 10.6. The van der Waals surface area contributed by atoms with Crippen molar-refractivity contribution in [3.63, 3.8) is 0 Å². The number of aryl methyl sites for hydroxylation is 2. The molecule has 3 rings (SSSR count). The van der Waals surface area contributed by atoms with Crippen molar-refractivity contribution in [2.75, 3.05) is 0 Å². The molecule has 22 heavy (non-hydrogen) atoms. The van der Waals surface area contributed by atoms with Gasteiger partial charge in [0.2, 0.25) is 0 Å². The second kappa shape index (κ2) is 5.97. The van der Waals surface area contributed by atoms with Crippen LogP contribution in [0.4, 0.5) is 5.69 Å². The Morgan fingerprint density at radius 1 is 1.18 bits per heavy atom. The summed E-state index contributed by atoms with van der Waals surface area (Å²) in [5, 5.41) is 14.8. The van der Waals surface area contributed by atoms with Crippen LogP contribution in [0.1, 0.15) is 28.7 Å². The minimum absolute atomic E-state index is 0.0789. The molecule has 0 heterocycles. The predicted octanol–water partition coefficient (Wildman–Crippen LogP) is 3.77. The van der Waals surface area contributed by atoms with E-state index >= 15 is 0 Å². The molecule has 5 heteroatoms. The Hall–Kier alpha value is -2.69. The van der Waals surface area contributed by atoms with Gasteiger partial charge in [0.1, 0.15) is 6.61 Å². The monoisotopic (exact) mass is 296 g/mol. The Balaban J connectivity index is 1.66. The zero-order valence-corrected chi connectivity index (χ0v) is 12.3. The summed E-state index contributed by atoms with van der Waals surface area (Å²) in [4.78, 5) is 15.6. The molecule has 2 aromatic carbocycles. The molecular formula is C17H16N2O3. The molecule has 0 spiro atoms. The molecule has 0 saturated heterocycles. The van der Waals surface area contributed by atoms with Crippen LogP contribution >= 0.6 is 0 Å². The average molecular weight is 296 g/mol. The molecule has 0 amide bonds. The molecule has 0 fully saturated rings. The zero-order chi connectivity index (χ0) is 15.5. The maximum atomic E-state index is 10.6. The highest BCUT2D eigenvalue weighted by atomic mass is 16.6. The first kappa shape index (κ1) is 14.3. The van der Waals surface area contributed by atoms with Crippen molar-refractivity contribution in [3.8, 4) is 0 Å². The fraction of sp³-hybridized carbons (Fsp3) is 0.235. The first-order valence-corrected chi connectivity index (χ1v) is 7.15. The topological polar surface area (TPSA) is 64.7 Å². The number of hydrogen-bond donors (Lipinski definition) is 0. The average Bonchev–Trinajstić information content (AvgIpc) is 2.90. The molecule has 0 bridgehead atoms. The number of fused-ring (bicyclic) bond motifs is 1. The number of rotatable bonds is 4. The van der Waals surface area contributed by atoms with Crippen molar-refractivity contribution >= 4 is 11.4 Å². The molecule has 5 nitrogen and oxygen atoms in total. The Kier molecular flexibility index (Phi) is 3.87. The van der Waals surface area contributed by atoms with Crippen LogP contribution in [-0.4, -0.2) is 10.6 Å². The number of nitrogens with zero attached hydrogens (tertiary/aromatic N) is 2. The van der Waals surface area contributed by atoms with Crippen molar-refractivity contribution in [1.29, 1.82) is 0 Å². The van der Waals surface area contributed by atoms with E-state index in [2.05, 4.69) is 30.3 Å². The van der Waals surface area contributed by atoms with Crippen LogP contribution in [0.2, 0.25) is 0 Å². The third-order valence-corrected chi connectivity index (χ3v) is 3.76. The van der Waals surface area contributed by atoms with Gasteiger partial charge in [0.25, 0.3) is 5.69 Å². The van der Waals surface area contributed by atoms with E-state index in [0.29, 0.717) is 6.61 Å². The number of nitro groups is 1. The van der Waals surface area contributed by atoms with E-state index < -0.39 is 4.92 Å². The molecule has 0 atom stereocenters.